The summed E-state index contributed by atoms with van der Waals surface area (Å²) < 4.78 is 0. The zero-order chi connectivity index (χ0) is 10.7. The van der Waals surface area contributed by atoms with Crippen LogP contribution in [0.4, 0.5) is 0 Å². The molecule has 0 radical (unpaired) electrons. The quantitative estimate of drug-likeness (QED) is 0.772. The van der Waals surface area contributed by atoms with Crippen LogP contribution in [0.3, 0.4) is 0 Å². The van der Waals surface area contributed by atoms with Gasteiger partial charge in [-0.3, -0.25) is 0 Å². The van der Waals surface area contributed by atoms with Gasteiger partial charge in [-0.15, -0.1) is 0 Å². The summed E-state index contributed by atoms with van der Waals surface area (Å²) in [6.45, 7) is 6.02. The Labute approximate surface area is 85.8 Å². The molecule has 0 spiro atoms. The van der Waals surface area contributed by atoms with E-state index < -0.39 is 6.10 Å². The van der Waals surface area contributed by atoms with Crippen molar-refractivity contribution in [3.05, 3.63) is 34.9 Å². The number of nitrogens with two attached hydrogens (primary N) is 1. The van der Waals surface area contributed by atoms with Gasteiger partial charge < -0.3 is 10.8 Å². The number of hydrogen-bond acceptors (Lipinski definition) is 2. The van der Waals surface area contributed by atoms with Crippen molar-refractivity contribution in [1.29, 1.82) is 0 Å². The Morgan fingerprint density at radius 2 is 2.00 bits per heavy atom. The van der Waals surface area contributed by atoms with Gasteiger partial charge in [-0.05, 0) is 31.4 Å². The van der Waals surface area contributed by atoms with E-state index in [0.717, 1.165) is 11.1 Å². The highest BCUT2D eigenvalue weighted by Gasteiger charge is 2.16. The zero-order valence-corrected chi connectivity index (χ0v) is 9.12. The topological polar surface area (TPSA) is 46.2 Å². The van der Waals surface area contributed by atoms with Crippen LogP contribution in [0.25, 0.3) is 0 Å². The molecule has 0 heterocycles. The molecule has 0 bridgehead atoms. The highest BCUT2D eigenvalue weighted by molar-refractivity contribution is 5.33. The van der Waals surface area contributed by atoms with E-state index in [1.165, 1.54) is 5.56 Å². The molecule has 3 N–H and O–H groups in total. The summed E-state index contributed by atoms with van der Waals surface area (Å²) in [4.78, 5) is 0. The van der Waals surface area contributed by atoms with E-state index in [0.29, 0.717) is 6.42 Å². The molecule has 2 nitrogen and oxygen atoms in total. The summed E-state index contributed by atoms with van der Waals surface area (Å²) in [6.07, 6.45) is 0.241. The van der Waals surface area contributed by atoms with E-state index in [1.807, 2.05) is 26.0 Å². The standard InChI is InChI=1S/C12H19NO/c1-4-11(14)12(13)10-6-5-8(2)7-9(10)3/h5-7,11-12,14H,4,13H2,1-3H3. The van der Waals surface area contributed by atoms with E-state index in [4.69, 9.17) is 5.73 Å². The second kappa shape index (κ2) is 4.58. The molecule has 1 aromatic carbocycles. The van der Waals surface area contributed by atoms with Crippen molar-refractivity contribution in [2.24, 2.45) is 5.73 Å². The molecule has 0 aliphatic carbocycles. The fraction of sp³-hybridized carbons (Fsp3) is 0.500. The summed E-state index contributed by atoms with van der Waals surface area (Å²) in [7, 11) is 0. The van der Waals surface area contributed by atoms with Gasteiger partial charge in [-0.2, -0.15) is 0 Å². The Kier molecular flexibility index (Phi) is 3.67. The third-order valence-electron chi connectivity index (χ3n) is 2.62. The number of rotatable bonds is 3. The van der Waals surface area contributed by atoms with Crippen molar-refractivity contribution in [2.75, 3.05) is 0 Å². The van der Waals surface area contributed by atoms with Gasteiger partial charge in [0.25, 0.3) is 0 Å². The van der Waals surface area contributed by atoms with Crippen LogP contribution in [0, 0.1) is 13.8 Å². The minimum Gasteiger partial charge on any atom is -0.391 e. The van der Waals surface area contributed by atoms with Gasteiger partial charge in [0, 0.05) is 0 Å². The van der Waals surface area contributed by atoms with Crippen LogP contribution in [-0.4, -0.2) is 11.2 Å². The third-order valence-corrected chi connectivity index (χ3v) is 2.62. The van der Waals surface area contributed by atoms with Crippen molar-refractivity contribution in [3.8, 4) is 0 Å². The summed E-state index contributed by atoms with van der Waals surface area (Å²) in [5.41, 5.74) is 9.38. The molecule has 0 saturated heterocycles. The molecule has 0 aromatic heterocycles. The normalized spacial score (nSPS) is 15.2. The smallest absolute Gasteiger partial charge is 0.0730 e. The van der Waals surface area contributed by atoms with Crippen molar-refractivity contribution in [1.82, 2.24) is 0 Å². The van der Waals surface area contributed by atoms with Crippen molar-refractivity contribution in [3.63, 3.8) is 0 Å². The largest absolute Gasteiger partial charge is 0.391 e. The molecule has 0 aliphatic heterocycles. The molecule has 2 heteroatoms. The van der Waals surface area contributed by atoms with Crippen LogP contribution in [0.15, 0.2) is 18.2 Å². The van der Waals surface area contributed by atoms with Crippen LogP contribution >= 0.6 is 0 Å². The molecular formula is C12H19NO. The Bertz CT molecular complexity index is 309. The lowest BCUT2D eigenvalue weighted by Gasteiger charge is -2.19. The zero-order valence-electron chi connectivity index (χ0n) is 9.12. The van der Waals surface area contributed by atoms with E-state index >= 15 is 0 Å². The first-order valence-corrected chi connectivity index (χ1v) is 5.07. The molecular weight excluding hydrogens is 174 g/mol. The van der Waals surface area contributed by atoms with E-state index in [1.54, 1.807) is 0 Å². The Morgan fingerprint density at radius 3 is 2.50 bits per heavy atom. The van der Waals surface area contributed by atoms with Crippen LogP contribution in [0.2, 0.25) is 0 Å². The lowest BCUT2D eigenvalue weighted by molar-refractivity contribution is 0.140. The van der Waals surface area contributed by atoms with E-state index in [2.05, 4.69) is 13.0 Å². The van der Waals surface area contributed by atoms with Crippen molar-refractivity contribution in [2.45, 2.75) is 39.3 Å². The second-order valence-corrected chi connectivity index (χ2v) is 3.86. The molecule has 14 heavy (non-hydrogen) atoms. The lowest BCUT2D eigenvalue weighted by atomic mass is 9.95. The first-order chi connectivity index (χ1) is 6.56. The highest BCUT2D eigenvalue weighted by atomic mass is 16.3. The number of hydrogen-bond donors (Lipinski definition) is 2. The lowest BCUT2D eigenvalue weighted by Crippen LogP contribution is -2.26. The average molecular weight is 193 g/mol. The van der Waals surface area contributed by atoms with E-state index in [-0.39, 0.29) is 6.04 Å². The molecule has 2 atom stereocenters. The van der Waals surface area contributed by atoms with Crippen molar-refractivity contribution < 1.29 is 5.11 Å². The first kappa shape index (κ1) is 11.2. The van der Waals surface area contributed by atoms with Gasteiger partial charge in [0.1, 0.15) is 0 Å². The fourth-order valence-electron chi connectivity index (χ4n) is 1.66. The molecule has 0 amide bonds. The third kappa shape index (κ3) is 2.34. The van der Waals surface area contributed by atoms with Crippen LogP contribution < -0.4 is 5.73 Å². The minimum absolute atomic E-state index is 0.263. The maximum atomic E-state index is 9.65. The van der Waals surface area contributed by atoms with Gasteiger partial charge in [-0.25, -0.2) is 0 Å². The van der Waals surface area contributed by atoms with Crippen LogP contribution in [0.5, 0.6) is 0 Å². The first-order valence-electron chi connectivity index (χ1n) is 5.07. The predicted octanol–water partition coefficient (Wildman–Crippen LogP) is 2.07. The monoisotopic (exact) mass is 193 g/mol. The molecule has 78 valence electrons. The van der Waals surface area contributed by atoms with Crippen LogP contribution in [-0.2, 0) is 0 Å². The summed E-state index contributed by atoms with van der Waals surface area (Å²) in [5, 5.41) is 9.65. The summed E-state index contributed by atoms with van der Waals surface area (Å²) in [5.74, 6) is 0. The van der Waals surface area contributed by atoms with Crippen LogP contribution in [0.1, 0.15) is 36.1 Å². The molecule has 1 rings (SSSR count). The molecule has 2 unspecified atom stereocenters. The predicted molar refractivity (Wildman–Crippen MR) is 59.1 cm³/mol. The number of aliphatic hydroxyl groups is 1. The van der Waals surface area contributed by atoms with Gasteiger partial charge >= 0.3 is 0 Å². The number of aryl methyl sites for hydroxylation is 2. The van der Waals surface area contributed by atoms with Gasteiger partial charge in [-0.1, -0.05) is 30.7 Å². The maximum Gasteiger partial charge on any atom is 0.0730 e. The highest BCUT2D eigenvalue weighted by Crippen LogP contribution is 2.20. The fourth-order valence-corrected chi connectivity index (χ4v) is 1.66. The van der Waals surface area contributed by atoms with E-state index in [9.17, 15) is 5.11 Å². The summed E-state index contributed by atoms with van der Waals surface area (Å²) >= 11 is 0. The Hall–Kier alpha value is -0.860. The molecule has 0 aliphatic rings. The molecule has 1 aromatic rings. The molecule has 0 saturated carbocycles. The molecule has 0 fully saturated rings. The number of benzene rings is 1. The van der Waals surface area contributed by atoms with Gasteiger partial charge in [0.05, 0.1) is 12.1 Å². The Balaban J connectivity index is 2.95. The van der Waals surface area contributed by atoms with Gasteiger partial charge in [0.2, 0.25) is 0 Å². The Morgan fingerprint density at radius 1 is 1.36 bits per heavy atom. The average Bonchev–Trinajstić information content (AvgIpc) is 2.15. The SMILES string of the molecule is CCC(O)C(N)c1ccc(C)cc1C. The minimum atomic E-state index is -0.448. The second-order valence-electron chi connectivity index (χ2n) is 3.86. The van der Waals surface area contributed by atoms with Crippen molar-refractivity contribution >= 4 is 0 Å². The van der Waals surface area contributed by atoms with Gasteiger partial charge in [0.15, 0.2) is 0 Å². The summed E-state index contributed by atoms with van der Waals surface area (Å²) in [6, 6.07) is 5.87. The number of aliphatic hydroxyl groups excluding tert-OH is 1. The maximum absolute atomic E-state index is 9.65.